The molecule has 54 valence electrons. The second-order valence-electron chi connectivity index (χ2n) is 2.04. The number of unbranched alkanes of at least 4 members (excludes halogenated alkanes) is 1. The zero-order valence-corrected chi connectivity index (χ0v) is 5.89. The number of nitrogens with zero attached hydrogens (tertiary/aromatic N) is 1. The van der Waals surface area contributed by atoms with Gasteiger partial charge in [-0.15, -0.1) is 0 Å². The summed E-state index contributed by atoms with van der Waals surface area (Å²) in [5, 5.41) is 3.75. The van der Waals surface area contributed by atoms with E-state index in [1.807, 2.05) is 6.92 Å². The molecule has 0 unspecified atom stereocenters. The van der Waals surface area contributed by atoms with Gasteiger partial charge in [0.1, 0.15) is 0 Å². The van der Waals surface area contributed by atoms with E-state index in [9.17, 15) is 4.79 Å². The minimum Gasteiger partial charge on any atom is -0.465 e. The Bertz CT molecular complexity index is 108. The highest BCUT2D eigenvalue weighted by molar-refractivity contribution is 5.64. The number of hydrogen-bond acceptors (Lipinski definition) is 2. The minimum atomic E-state index is -0.589. The second-order valence-corrected chi connectivity index (χ2v) is 2.04. The van der Waals surface area contributed by atoms with Crippen molar-refractivity contribution in [3.8, 4) is 0 Å². The van der Waals surface area contributed by atoms with Crippen LogP contribution in [0.2, 0.25) is 0 Å². The van der Waals surface area contributed by atoms with Gasteiger partial charge in [0.05, 0.1) is 0 Å². The molecule has 0 saturated carbocycles. The van der Waals surface area contributed by atoms with Gasteiger partial charge in [-0.1, -0.05) is 13.3 Å². The van der Waals surface area contributed by atoms with Gasteiger partial charge in [-0.25, -0.2) is 4.79 Å². The van der Waals surface area contributed by atoms with Gasteiger partial charge in [0, 0.05) is 13.6 Å². The van der Waals surface area contributed by atoms with Crippen LogP contribution in [0.15, 0.2) is 0 Å². The molecule has 0 radical (unpaired) electrons. The summed E-state index contributed by atoms with van der Waals surface area (Å²) < 4.78 is 6.28. The predicted octanol–water partition coefficient (Wildman–Crippen LogP) is 1.40. The van der Waals surface area contributed by atoms with Crippen molar-refractivity contribution >= 4 is 6.09 Å². The lowest BCUT2D eigenvalue weighted by molar-refractivity contribution is 0.155. The van der Waals surface area contributed by atoms with Gasteiger partial charge in [-0.2, -0.15) is 0 Å². The van der Waals surface area contributed by atoms with Crippen molar-refractivity contribution in [2.24, 2.45) is 0 Å². The molecular formula is C6H13NO2. The fourth-order valence-electron chi connectivity index (χ4n) is 0.487. The van der Waals surface area contributed by atoms with E-state index in [1.54, 1.807) is 7.05 Å². The Labute approximate surface area is 56.8 Å². The average Bonchev–Trinajstić information content (AvgIpc) is 1.98. The molecule has 0 fully saturated rings. The molecule has 0 spiro atoms. The van der Waals surface area contributed by atoms with E-state index in [0.29, 0.717) is 6.54 Å². The largest absolute Gasteiger partial charge is 0.465 e. The Balaban J connectivity index is 3.41. The topological polar surface area (TPSA) is 40.5 Å². The molecule has 0 saturated heterocycles. The summed E-state index contributed by atoms with van der Waals surface area (Å²) in [6, 6.07) is 0. The highest BCUT2D eigenvalue weighted by atomic mass is 16.4. The Morgan fingerprint density at radius 3 is 3.00 bits per heavy atom. The maximum atomic E-state index is 10.5. The van der Waals surface area contributed by atoms with Crippen molar-refractivity contribution in [2.75, 3.05) is 13.6 Å². The van der Waals surface area contributed by atoms with Crippen molar-refractivity contribution in [3.63, 3.8) is 0 Å². The molecule has 0 aliphatic heterocycles. The summed E-state index contributed by atoms with van der Waals surface area (Å²) in [6.07, 6.45) is 1.40. The zero-order valence-electron chi connectivity index (χ0n) is 6.89. The van der Waals surface area contributed by atoms with Crippen LogP contribution in [0.25, 0.3) is 1.43 Å². The third kappa shape index (κ3) is 3.82. The maximum absolute atomic E-state index is 10.5. The first-order valence-electron chi connectivity index (χ1n) is 3.51. The Kier molecular flexibility index (Phi) is 2.97. The van der Waals surface area contributed by atoms with Crippen LogP contribution in [-0.2, 0) is 0 Å². The van der Waals surface area contributed by atoms with Crippen molar-refractivity contribution < 1.29 is 9.90 Å². The molecule has 0 bridgehead atoms. The molecular weight excluding hydrogens is 118 g/mol. The fraction of sp³-hybridized carbons (Fsp3) is 0.833. The van der Waals surface area contributed by atoms with E-state index in [2.05, 4.69) is 5.11 Å². The quantitative estimate of drug-likeness (QED) is 0.630. The molecule has 1 amide bonds. The SMILES string of the molecule is [2H]OC(=O)N(C)CCCC. The molecule has 0 aliphatic carbocycles. The average molecular weight is 132 g/mol. The van der Waals surface area contributed by atoms with E-state index >= 15 is 0 Å². The van der Waals surface area contributed by atoms with Gasteiger partial charge in [-0.05, 0) is 6.42 Å². The number of amides is 1. The monoisotopic (exact) mass is 132 g/mol. The van der Waals surface area contributed by atoms with Crippen molar-refractivity contribution in [2.45, 2.75) is 19.8 Å². The standard InChI is InChI=1S/C6H13NO2/c1-3-4-5-7(2)6(8)9/h3-5H2,1-2H3,(H,8,9)/i/hD. The lowest BCUT2D eigenvalue weighted by Crippen LogP contribution is -2.25. The Hall–Kier alpha value is -0.730. The first kappa shape index (κ1) is 6.39. The van der Waals surface area contributed by atoms with Crippen LogP contribution in [0.5, 0.6) is 0 Å². The first-order chi connectivity index (χ1) is 4.72. The Morgan fingerprint density at radius 1 is 1.89 bits per heavy atom. The molecule has 1 N–H and O–H groups in total. The number of carbonyl (C=O) groups is 1. The van der Waals surface area contributed by atoms with Gasteiger partial charge >= 0.3 is 6.09 Å². The number of hydrogen-bond donors (Lipinski definition) is 1. The molecule has 3 heteroatoms. The van der Waals surface area contributed by atoms with Gasteiger partial charge in [0.2, 0.25) is 0 Å². The fourth-order valence-corrected chi connectivity index (χ4v) is 0.487. The van der Waals surface area contributed by atoms with Gasteiger partial charge in [0.15, 0.2) is 0 Å². The Morgan fingerprint density at radius 2 is 2.56 bits per heavy atom. The molecule has 9 heavy (non-hydrogen) atoms. The van der Waals surface area contributed by atoms with Gasteiger partial charge in [-0.3, -0.25) is 0 Å². The van der Waals surface area contributed by atoms with E-state index in [0.717, 1.165) is 12.8 Å². The van der Waals surface area contributed by atoms with Crippen LogP contribution in [0.3, 0.4) is 0 Å². The van der Waals surface area contributed by atoms with Crippen LogP contribution in [-0.4, -0.2) is 29.7 Å². The molecule has 0 aromatic carbocycles. The zero-order chi connectivity index (χ0) is 7.98. The van der Waals surface area contributed by atoms with Crippen LogP contribution < -0.4 is 0 Å². The molecule has 0 rings (SSSR count). The highest BCUT2D eigenvalue weighted by Gasteiger charge is 2.01. The second kappa shape index (κ2) is 4.18. The molecule has 0 aromatic rings. The molecule has 0 atom stereocenters. The van der Waals surface area contributed by atoms with E-state index in [4.69, 9.17) is 1.43 Å². The van der Waals surface area contributed by atoms with E-state index in [1.165, 1.54) is 4.90 Å². The molecule has 0 aromatic heterocycles. The predicted molar refractivity (Wildman–Crippen MR) is 35.6 cm³/mol. The summed E-state index contributed by atoms with van der Waals surface area (Å²) in [4.78, 5) is 11.9. The summed E-state index contributed by atoms with van der Waals surface area (Å²) in [5.41, 5.74) is 0. The molecule has 0 aliphatic rings. The maximum Gasteiger partial charge on any atom is 0.407 e. The van der Waals surface area contributed by atoms with Gasteiger partial charge in [0.25, 0.3) is 1.43 Å². The molecule has 3 nitrogen and oxygen atoms in total. The first-order valence-corrected chi connectivity index (χ1v) is 3.10. The minimum absolute atomic E-state index is 0.589. The van der Waals surface area contributed by atoms with Crippen molar-refractivity contribution in [3.05, 3.63) is 0 Å². The summed E-state index contributed by atoms with van der Waals surface area (Å²) in [7, 11) is 1.62. The van der Waals surface area contributed by atoms with Crippen LogP contribution in [0.4, 0.5) is 4.79 Å². The lowest BCUT2D eigenvalue weighted by atomic mass is 10.3. The van der Waals surface area contributed by atoms with Crippen LogP contribution in [0.1, 0.15) is 19.8 Å². The number of carboxylic acid groups (broad SMARTS) is 1. The smallest absolute Gasteiger partial charge is 0.407 e. The highest BCUT2D eigenvalue weighted by Crippen LogP contribution is 1.90. The lowest BCUT2D eigenvalue weighted by Gasteiger charge is -2.10. The molecule has 0 heterocycles. The third-order valence-corrected chi connectivity index (χ3v) is 1.16. The van der Waals surface area contributed by atoms with Crippen LogP contribution >= 0.6 is 0 Å². The van der Waals surface area contributed by atoms with E-state index < -0.39 is 6.09 Å². The summed E-state index contributed by atoms with van der Waals surface area (Å²) in [5.74, 6) is 0. The van der Waals surface area contributed by atoms with Crippen LogP contribution in [0, 0.1) is 0 Å². The normalized spacial score (nSPS) is 10.2. The van der Waals surface area contributed by atoms with Crippen molar-refractivity contribution in [1.29, 1.82) is 1.43 Å². The summed E-state index contributed by atoms with van der Waals surface area (Å²) in [6.45, 7) is 2.70. The summed E-state index contributed by atoms with van der Waals surface area (Å²) >= 11 is 0. The van der Waals surface area contributed by atoms with Crippen molar-refractivity contribution in [1.82, 2.24) is 4.90 Å². The van der Waals surface area contributed by atoms with Gasteiger partial charge < -0.3 is 10.0 Å². The van der Waals surface area contributed by atoms with E-state index in [-0.39, 0.29) is 0 Å². The third-order valence-electron chi connectivity index (χ3n) is 1.16. The number of rotatable bonds is 3.